The first-order chi connectivity index (χ1) is 6.29. The summed E-state index contributed by atoms with van der Waals surface area (Å²) in [6, 6.07) is 6.60. The molecule has 1 aliphatic rings. The molecule has 1 aromatic carbocycles. The second-order valence-corrected chi connectivity index (χ2v) is 3.92. The third-order valence-electron chi connectivity index (χ3n) is 2.63. The van der Waals surface area contributed by atoms with Gasteiger partial charge < -0.3 is 4.74 Å². The van der Waals surface area contributed by atoms with Crippen molar-refractivity contribution >= 4 is 0 Å². The largest absolute Gasteiger partial charge is 0.493 e. The van der Waals surface area contributed by atoms with Crippen LogP contribution in [0.4, 0.5) is 0 Å². The average molecular weight is 176 g/mol. The normalized spacial score (nSPS) is 20.6. The second kappa shape index (κ2) is 3.41. The molecule has 0 N–H and O–H groups in total. The molecule has 1 aromatic rings. The highest BCUT2D eigenvalue weighted by molar-refractivity contribution is 5.39. The molecule has 2 rings (SSSR count). The quantitative estimate of drug-likeness (QED) is 0.639. The van der Waals surface area contributed by atoms with E-state index >= 15 is 0 Å². The third-order valence-corrected chi connectivity index (χ3v) is 2.63. The molecule has 1 aliphatic heterocycles. The van der Waals surface area contributed by atoms with Crippen molar-refractivity contribution in [2.24, 2.45) is 5.92 Å². The zero-order chi connectivity index (χ0) is 9.26. The molecule has 1 nitrogen and oxygen atoms in total. The van der Waals surface area contributed by atoms with Crippen LogP contribution < -0.4 is 4.74 Å². The maximum absolute atomic E-state index is 5.68. The molecule has 0 aromatic heterocycles. The summed E-state index contributed by atoms with van der Waals surface area (Å²) in [5, 5.41) is 0. The fourth-order valence-corrected chi connectivity index (χ4v) is 1.79. The number of hydrogen-bond donors (Lipinski definition) is 0. The maximum Gasteiger partial charge on any atom is 0.122 e. The van der Waals surface area contributed by atoms with Crippen LogP contribution in [0.5, 0.6) is 5.75 Å². The van der Waals surface area contributed by atoms with Gasteiger partial charge in [-0.2, -0.15) is 0 Å². The second-order valence-electron chi connectivity index (χ2n) is 3.92. The number of aryl methyl sites for hydroxylation is 1. The highest BCUT2D eigenvalue weighted by Crippen LogP contribution is 2.28. The Morgan fingerprint density at radius 3 is 3.08 bits per heavy atom. The van der Waals surface area contributed by atoms with Gasteiger partial charge in [-0.3, -0.25) is 0 Å². The smallest absolute Gasteiger partial charge is 0.122 e. The molecular weight excluding hydrogens is 160 g/mol. The summed E-state index contributed by atoms with van der Waals surface area (Å²) in [6.07, 6.45) is 2.26. The van der Waals surface area contributed by atoms with Crippen molar-refractivity contribution in [3.8, 4) is 5.75 Å². The highest BCUT2D eigenvalue weighted by Gasteiger charge is 2.15. The molecule has 0 radical (unpaired) electrons. The van der Waals surface area contributed by atoms with Crippen molar-refractivity contribution in [1.82, 2.24) is 0 Å². The van der Waals surface area contributed by atoms with Gasteiger partial charge in [0.25, 0.3) is 0 Å². The minimum Gasteiger partial charge on any atom is -0.493 e. The topological polar surface area (TPSA) is 9.23 Å². The van der Waals surface area contributed by atoms with Crippen LogP contribution in [0.3, 0.4) is 0 Å². The summed E-state index contributed by atoms with van der Waals surface area (Å²) >= 11 is 0. The van der Waals surface area contributed by atoms with Crippen molar-refractivity contribution in [3.63, 3.8) is 0 Å². The van der Waals surface area contributed by atoms with E-state index in [-0.39, 0.29) is 0 Å². The molecule has 0 saturated heterocycles. The van der Waals surface area contributed by atoms with Crippen LogP contribution in [0.25, 0.3) is 0 Å². The van der Waals surface area contributed by atoms with Crippen LogP contribution in [0.15, 0.2) is 18.2 Å². The average Bonchev–Trinajstić information content (AvgIpc) is 2.17. The predicted octanol–water partition coefficient (Wildman–Crippen LogP) is 2.82. The molecule has 0 fully saturated rings. The predicted molar refractivity (Wildman–Crippen MR) is 54.2 cm³/mol. The summed E-state index contributed by atoms with van der Waals surface area (Å²) < 4.78 is 5.68. The Morgan fingerprint density at radius 2 is 2.31 bits per heavy atom. The summed E-state index contributed by atoms with van der Waals surface area (Å²) in [5.74, 6) is 1.78. The molecule has 0 amide bonds. The van der Waals surface area contributed by atoms with Crippen LogP contribution in [-0.2, 0) is 12.8 Å². The van der Waals surface area contributed by atoms with E-state index in [0.717, 1.165) is 18.8 Å². The number of ether oxygens (including phenoxy) is 1. The Balaban J connectivity index is 2.31. The first-order valence-corrected chi connectivity index (χ1v) is 5.04. The van der Waals surface area contributed by atoms with E-state index in [1.54, 1.807) is 0 Å². The van der Waals surface area contributed by atoms with E-state index in [1.165, 1.54) is 17.5 Å². The molecule has 1 heterocycles. The van der Waals surface area contributed by atoms with E-state index in [1.807, 2.05) is 0 Å². The molecule has 1 unspecified atom stereocenters. The summed E-state index contributed by atoms with van der Waals surface area (Å²) in [6.45, 7) is 5.28. The van der Waals surface area contributed by atoms with Crippen molar-refractivity contribution in [2.75, 3.05) is 6.61 Å². The minimum atomic E-state index is 0.667. The standard InChI is InChI=1S/C12H16O/c1-3-10-4-5-11-6-9(2)8-13-12(11)7-10/h4-5,7,9H,3,6,8H2,1-2H3. The lowest BCUT2D eigenvalue weighted by molar-refractivity contribution is 0.233. The van der Waals surface area contributed by atoms with Gasteiger partial charge in [0.15, 0.2) is 0 Å². The van der Waals surface area contributed by atoms with Gasteiger partial charge in [0, 0.05) is 0 Å². The van der Waals surface area contributed by atoms with Crippen LogP contribution >= 0.6 is 0 Å². The van der Waals surface area contributed by atoms with Crippen molar-refractivity contribution in [2.45, 2.75) is 26.7 Å². The van der Waals surface area contributed by atoms with Crippen molar-refractivity contribution < 1.29 is 4.74 Å². The lowest BCUT2D eigenvalue weighted by atomic mass is 9.97. The molecule has 0 saturated carbocycles. The lowest BCUT2D eigenvalue weighted by Gasteiger charge is -2.22. The molecule has 1 atom stereocenters. The Bertz CT molecular complexity index is 304. The van der Waals surface area contributed by atoms with Gasteiger partial charge in [-0.25, -0.2) is 0 Å². The zero-order valence-electron chi connectivity index (χ0n) is 8.34. The lowest BCUT2D eigenvalue weighted by Crippen LogP contribution is -2.17. The third kappa shape index (κ3) is 1.69. The summed E-state index contributed by atoms with van der Waals surface area (Å²) in [4.78, 5) is 0. The van der Waals surface area contributed by atoms with Crippen LogP contribution in [0.1, 0.15) is 25.0 Å². The summed E-state index contributed by atoms with van der Waals surface area (Å²) in [7, 11) is 0. The van der Waals surface area contributed by atoms with Gasteiger partial charge >= 0.3 is 0 Å². The number of fused-ring (bicyclic) bond motifs is 1. The van der Waals surface area contributed by atoms with Crippen LogP contribution in [-0.4, -0.2) is 6.61 Å². The Morgan fingerprint density at radius 1 is 1.46 bits per heavy atom. The number of benzene rings is 1. The van der Waals surface area contributed by atoms with Gasteiger partial charge in [-0.15, -0.1) is 0 Å². The van der Waals surface area contributed by atoms with Crippen molar-refractivity contribution in [3.05, 3.63) is 29.3 Å². The van der Waals surface area contributed by atoms with E-state index < -0.39 is 0 Å². The van der Waals surface area contributed by atoms with Gasteiger partial charge in [0.05, 0.1) is 6.61 Å². The van der Waals surface area contributed by atoms with Gasteiger partial charge in [0.1, 0.15) is 5.75 Å². The van der Waals surface area contributed by atoms with E-state index in [4.69, 9.17) is 4.74 Å². The zero-order valence-corrected chi connectivity index (χ0v) is 8.34. The monoisotopic (exact) mass is 176 g/mol. The Hall–Kier alpha value is -0.980. The van der Waals surface area contributed by atoms with E-state index in [0.29, 0.717) is 5.92 Å². The Labute approximate surface area is 79.7 Å². The number of rotatable bonds is 1. The highest BCUT2D eigenvalue weighted by atomic mass is 16.5. The first kappa shape index (κ1) is 8.61. The molecule has 0 bridgehead atoms. The molecule has 70 valence electrons. The van der Waals surface area contributed by atoms with E-state index in [2.05, 4.69) is 32.0 Å². The fraction of sp³-hybridized carbons (Fsp3) is 0.500. The van der Waals surface area contributed by atoms with Crippen molar-refractivity contribution in [1.29, 1.82) is 0 Å². The first-order valence-electron chi connectivity index (χ1n) is 5.04. The van der Waals surface area contributed by atoms with E-state index in [9.17, 15) is 0 Å². The fourth-order valence-electron chi connectivity index (χ4n) is 1.79. The van der Waals surface area contributed by atoms with Gasteiger partial charge in [-0.1, -0.05) is 26.0 Å². The molecule has 0 aliphatic carbocycles. The molecule has 13 heavy (non-hydrogen) atoms. The van der Waals surface area contributed by atoms with Crippen LogP contribution in [0.2, 0.25) is 0 Å². The minimum absolute atomic E-state index is 0.667. The van der Waals surface area contributed by atoms with Gasteiger partial charge in [0.2, 0.25) is 0 Å². The summed E-state index contributed by atoms with van der Waals surface area (Å²) in [5.41, 5.74) is 2.74. The maximum atomic E-state index is 5.68. The van der Waals surface area contributed by atoms with Crippen LogP contribution in [0, 0.1) is 5.92 Å². The molecular formula is C12H16O. The SMILES string of the molecule is CCc1ccc2c(c1)OCC(C)C2. The Kier molecular flexibility index (Phi) is 2.26. The molecule has 0 spiro atoms. The van der Waals surface area contributed by atoms with Gasteiger partial charge in [-0.05, 0) is 36.0 Å². The number of hydrogen-bond acceptors (Lipinski definition) is 1. The molecule has 1 heteroatoms.